The summed E-state index contributed by atoms with van der Waals surface area (Å²) in [5, 5.41) is 14.8. The number of fused-ring (bicyclic) bond motifs is 1. The van der Waals surface area contributed by atoms with E-state index in [9.17, 15) is 4.79 Å². The highest BCUT2D eigenvalue weighted by Crippen LogP contribution is 2.35. The molecular weight excluding hydrogens is 306 g/mol. The molecule has 0 spiro atoms. The Bertz CT molecular complexity index is 799. The minimum Gasteiger partial charge on any atom is -0.456 e. The van der Waals surface area contributed by atoms with E-state index in [1.165, 1.54) is 0 Å². The fourth-order valence-corrected chi connectivity index (χ4v) is 2.67. The molecule has 126 valence electrons. The predicted octanol–water partition coefficient (Wildman–Crippen LogP) is 2.61. The fraction of sp³-hybridized carbons (Fsp3) is 0.412. The third-order valence-corrected chi connectivity index (χ3v) is 3.73. The van der Waals surface area contributed by atoms with Gasteiger partial charge in [0, 0.05) is 5.70 Å². The normalized spacial score (nSPS) is 17.3. The molecule has 3 rings (SSSR count). The number of aromatic nitrogens is 4. The number of benzene rings is 1. The summed E-state index contributed by atoms with van der Waals surface area (Å²) in [4.78, 5) is 12.8. The van der Waals surface area contributed by atoms with Crippen molar-refractivity contribution in [1.82, 2.24) is 20.2 Å². The summed E-state index contributed by atoms with van der Waals surface area (Å²) in [5.74, 6) is 0.129. The van der Waals surface area contributed by atoms with Crippen LogP contribution in [0, 0.1) is 6.92 Å². The van der Waals surface area contributed by atoms with Crippen molar-refractivity contribution >= 4 is 11.9 Å². The van der Waals surface area contributed by atoms with Crippen LogP contribution in [-0.2, 0) is 9.53 Å². The first-order chi connectivity index (χ1) is 11.3. The minimum atomic E-state index is -0.580. The van der Waals surface area contributed by atoms with Crippen molar-refractivity contribution in [3.63, 3.8) is 0 Å². The first kappa shape index (κ1) is 16.2. The van der Waals surface area contributed by atoms with E-state index in [-0.39, 0.29) is 5.97 Å². The van der Waals surface area contributed by atoms with Crippen molar-refractivity contribution in [2.24, 2.45) is 0 Å². The van der Waals surface area contributed by atoms with Gasteiger partial charge in [-0.15, -0.1) is 0 Å². The number of nitrogens with one attached hydrogen (secondary N) is 1. The zero-order valence-electron chi connectivity index (χ0n) is 14.5. The Labute approximate surface area is 140 Å². The number of anilines is 1. The molecule has 0 unspecified atom stereocenters. The van der Waals surface area contributed by atoms with Gasteiger partial charge in [0.2, 0.25) is 5.95 Å². The zero-order valence-corrected chi connectivity index (χ0v) is 14.5. The number of ether oxygens (including phenoxy) is 1. The minimum absolute atomic E-state index is 0.376. The number of hydrogen-bond donors (Lipinski definition) is 1. The molecule has 0 bridgehead atoms. The summed E-state index contributed by atoms with van der Waals surface area (Å²) in [7, 11) is 0. The molecule has 1 aromatic heterocycles. The lowest BCUT2D eigenvalue weighted by Gasteiger charge is -2.29. The number of esters is 1. The lowest BCUT2D eigenvalue weighted by Crippen LogP contribution is -2.33. The number of aryl methyl sites for hydroxylation is 1. The van der Waals surface area contributed by atoms with Crippen LogP contribution in [0.15, 0.2) is 35.5 Å². The van der Waals surface area contributed by atoms with Gasteiger partial charge in [-0.25, -0.2) is 4.79 Å². The Morgan fingerprint density at radius 3 is 2.50 bits per heavy atom. The Morgan fingerprint density at radius 2 is 1.88 bits per heavy atom. The van der Waals surface area contributed by atoms with Crippen molar-refractivity contribution in [3.8, 4) is 0 Å². The van der Waals surface area contributed by atoms with Crippen LogP contribution >= 0.6 is 0 Å². The van der Waals surface area contributed by atoms with E-state index in [0.717, 1.165) is 11.1 Å². The molecule has 1 aromatic carbocycles. The summed E-state index contributed by atoms with van der Waals surface area (Å²) in [6.07, 6.45) is 0. The third kappa shape index (κ3) is 3.02. The van der Waals surface area contributed by atoms with Crippen molar-refractivity contribution in [3.05, 3.63) is 46.7 Å². The summed E-state index contributed by atoms with van der Waals surface area (Å²) in [6.45, 7) is 9.39. The number of hydrogen-bond acceptors (Lipinski definition) is 6. The van der Waals surface area contributed by atoms with E-state index < -0.39 is 11.6 Å². The average Bonchev–Trinajstić information content (AvgIpc) is 2.92. The molecule has 2 aromatic rings. The lowest BCUT2D eigenvalue weighted by molar-refractivity contribution is -0.150. The van der Waals surface area contributed by atoms with Crippen molar-refractivity contribution in [2.45, 2.75) is 46.3 Å². The second-order valence-corrected chi connectivity index (χ2v) is 6.93. The molecular formula is C17H21N5O2. The Hall–Kier alpha value is -2.70. The van der Waals surface area contributed by atoms with Gasteiger partial charge in [0.1, 0.15) is 11.6 Å². The molecule has 7 heteroatoms. The maximum Gasteiger partial charge on any atom is 0.338 e. The van der Waals surface area contributed by atoms with Gasteiger partial charge in [-0.3, -0.25) is 0 Å². The molecule has 0 saturated carbocycles. The largest absolute Gasteiger partial charge is 0.456 e. The van der Waals surface area contributed by atoms with E-state index >= 15 is 0 Å². The van der Waals surface area contributed by atoms with Gasteiger partial charge < -0.3 is 10.1 Å². The summed E-state index contributed by atoms with van der Waals surface area (Å²) in [5.41, 5.74) is 2.69. The molecule has 0 radical (unpaired) electrons. The highest BCUT2D eigenvalue weighted by molar-refractivity contribution is 5.92. The number of rotatable bonds is 2. The average molecular weight is 327 g/mol. The topological polar surface area (TPSA) is 81.9 Å². The van der Waals surface area contributed by atoms with Gasteiger partial charge in [0.05, 0.1) is 5.57 Å². The van der Waals surface area contributed by atoms with Crippen LogP contribution in [0.2, 0.25) is 0 Å². The van der Waals surface area contributed by atoms with Crippen LogP contribution in [0.1, 0.15) is 44.9 Å². The second kappa shape index (κ2) is 5.74. The summed E-state index contributed by atoms with van der Waals surface area (Å²) in [6, 6.07) is 7.54. The van der Waals surface area contributed by atoms with Gasteiger partial charge in [-0.1, -0.05) is 34.9 Å². The van der Waals surface area contributed by atoms with Crippen LogP contribution in [-0.4, -0.2) is 31.8 Å². The predicted molar refractivity (Wildman–Crippen MR) is 89.3 cm³/mol. The van der Waals surface area contributed by atoms with E-state index in [4.69, 9.17) is 4.74 Å². The van der Waals surface area contributed by atoms with Crippen LogP contribution in [0.25, 0.3) is 0 Å². The Balaban J connectivity index is 2.10. The van der Waals surface area contributed by atoms with E-state index in [2.05, 4.69) is 20.8 Å². The van der Waals surface area contributed by atoms with Crippen molar-refractivity contribution in [1.29, 1.82) is 0 Å². The number of carbonyl (C=O) groups excluding carboxylic acids is 1. The fourth-order valence-electron chi connectivity index (χ4n) is 2.67. The second-order valence-electron chi connectivity index (χ2n) is 6.93. The lowest BCUT2D eigenvalue weighted by atomic mass is 9.95. The van der Waals surface area contributed by atoms with Crippen LogP contribution in [0.4, 0.5) is 5.95 Å². The van der Waals surface area contributed by atoms with Crippen LogP contribution in [0.5, 0.6) is 0 Å². The van der Waals surface area contributed by atoms with E-state index in [1.54, 1.807) is 4.68 Å². The molecule has 1 atom stereocenters. The van der Waals surface area contributed by atoms with Gasteiger partial charge in [0.15, 0.2) is 0 Å². The first-order valence-corrected chi connectivity index (χ1v) is 7.82. The molecule has 1 N–H and O–H groups in total. The maximum atomic E-state index is 12.8. The first-order valence-electron chi connectivity index (χ1n) is 7.82. The van der Waals surface area contributed by atoms with Crippen LogP contribution < -0.4 is 5.32 Å². The van der Waals surface area contributed by atoms with Gasteiger partial charge in [0.25, 0.3) is 0 Å². The summed E-state index contributed by atoms with van der Waals surface area (Å²) >= 11 is 0. The highest BCUT2D eigenvalue weighted by atomic mass is 16.6. The van der Waals surface area contributed by atoms with Gasteiger partial charge in [-0.05, 0) is 50.6 Å². The SMILES string of the molecule is CC1=C(C(=O)OC(C)(C)C)[C@H](c2ccc(C)cc2)n2nnnc2N1. The van der Waals surface area contributed by atoms with Gasteiger partial charge in [-0.2, -0.15) is 4.68 Å². The molecule has 0 aliphatic carbocycles. The molecule has 7 nitrogen and oxygen atoms in total. The van der Waals surface area contributed by atoms with E-state index in [1.807, 2.05) is 58.9 Å². The molecule has 0 fully saturated rings. The molecule has 0 amide bonds. The summed E-state index contributed by atoms with van der Waals surface area (Å²) < 4.78 is 7.20. The van der Waals surface area contributed by atoms with Crippen LogP contribution in [0.3, 0.4) is 0 Å². The van der Waals surface area contributed by atoms with Crippen molar-refractivity contribution in [2.75, 3.05) is 5.32 Å². The molecule has 2 heterocycles. The quantitative estimate of drug-likeness (QED) is 0.854. The van der Waals surface area contributed by atoms with Crippen molar-refractivity contribution < 1.29 is 9.53 Å². The highest BCUT2D eigenvalue weighted by Gasteiger charge is 2.36. The zero-order chi connectivity index (χ0) is 17.5. The maximum absolute atomic E-state index is 12.8. The number of allylic oxidation sites excluding steroid dienone is 1. The van der Waals surface area contributed by atoms with E-state index in [0.29, 0.717) is 17.2 Å². The Morgan fingerprint density at radius 1 is 1.21 bits per heavy atom. The number of tetrazole rings is 1. The van der Waals surface area contributed by atoms with Gasteiger partial charge >= 0.3 is 5.97 Å². The third-order valence-electron chi connectivity index (χ3n) is 3.73. The number of carbonyl (C=O) groups is 1. The Kier molecular flexibility index (Phi) is 3.87. The molecule has 1 aliphatic rings. The number of nitrogens with zero attached hydrogens (tertiary/aromatic N) is 4. The molecule has 1 aliphatic heterocycles. The molecule has 24 heavy (non-hydrogen) atoms. The standard InChI is InChI=1S/C17H21N5O2/c1-10-6-8-12(9-7-10)14-13(15(23)24-17(3,4)5)11(2)18-16-19-20-21-22(14)16/h6-9,14H,1-5H3,(H,18,19,21)/t14-/m0/s1. The monoisotopic (exact) mass is 327 g/mol. The smallest absolute Gasteiger partial charge is 0.338 e. The molecule has 0 saturated heterocycles.